The molecule has 3 rings (SSSR count). The highest BCUT2D eigenvalue weighted by Crippen LogP contribution is 2.42. The van der Waals surface area contributed by atoms with Crippen LogP contribution in [0.5, 0.6) is 0 Å². The van der Waals surface area contributed by atoms with Gasteiger partial charge in [-0.05, 0) is 26.3 Å². The third-order valence-electron chi connectivity index (χ3n) is 3.93. The third-order valence-corrected chi connectivity index (χ3v) is 3.93. The summed E-state index contributed by atoms with van der Waals surface area (Å²) in [5, 5.41) is 0. The highest BCUT2D eigenvalue weighted by atomic mass is 16.6. The van der Waals surface area contributed by atoms with Crippen molar-refractivity contribution in [1.82, 2.24) is 4.90 Å². The maximum atomic E-state index is 12.4. The van der Waals surface area contributed by atoms with Crippen molar-refractivity contribution in [2.45, 2.75) is 32.3 Å². The van der Waals surface area contributed by atoms with Crippen molar-refractivity contribution in [2.24, 2.45) is 5.92 Å². The van der Waals surface area contributed by atoms with E-state index in [9.17, 15) is 9.59 Å². The quantitative estimate of drug-likeness (QED) is 0.730. The Morgan fingerprint density at radius 3 is 2.55 bits per heavy atom. The van der Waals surface area contributed by atoms with Gasteiger partial charge in [-0.2, -0.15) is 0 Å². The smallest absolute Gasteiger partial charge is 0.410 e. The third kappa shape index (κ3) is 2.09. The topological polar surface area (TPSA) is 46.6 Å². The molecule has 0 unspecified atom stereocenters. The zero-order valence-corrected chi connectivity index (χ0v) is 12.1. The van der Waals surface area contributed by atoms with Gasteiger partial charge in [0.15, 0.2) is 5.78 Å². The molecule has 0 radical (unpaired) electrons. The fraction of sp³-hybridized carbons (Fsp3) is 0.500. The van der Waals surface area contributed by atoms with Crippen molar-refractivity contribution in [3.63, 3.8) is 0 Å². The summed E-state index contributed by atoms with van der Waals surface area (Å²) in [6, 6.07) is 7.72. The van der Waals surface area contributed by atoms with E-state index < -0.39 is 5.60 Å². The number of ether oxygens (including phenoxy) is 1. The molecule has 2 aliphatic rings. The highest BCUT2D eigenvalue weighted by Gasteiger charge is 2.47. The Morgan fingerprint density at radius 1 is 1.20 bits per heavy atom. The molecule has 0 N–H and O–H groups in total. The van der Waals surface area contributed by atoms with E-state index in [0.29, 0.717) is 13.1 Å². The van der Waals surface area contributed by atoms with Crippen molar-refractivity contribution >= 4 is 11.9 Å². The summed E-state index contributed by atoms with van der Waals surface area (Å²) in [6.07, 6.45) is -0.322. The Hall–Kier alpha value is -1.84. The summed E-state index contributed by atoms with van der Waals surface area (Å²) in [7, 11) is 0. The lowest BCUT2D eigenvalue weighted by Crippen LogP contribution is -2.36. The molecule has 1 amide bonds. The maximum absolute atomic E-state index is 12.4. The van der Waals surface area contributed by atoms with Crippen LogP contribution in [0.2, 0.25) is 0 Å². The van der Waals surface area contributed by atoms with Crippen LogP contribution in [0.4, 0.5) is 4.79 Å². The van der Waals surface area contributed by atoms with Gasteiger partial charge in [0, 0.05) is 30.5 Å². The van der Waals surface area contributed by atoms with Crippen LogP contribution in [-0.2, 0) is 4.74 Å². The molecule has 1 heterocycles. The summed E-state index contributed by atoms with van der Waals surface area (Å²) in [4.78, 5) is 26.1. The molecule has 1 fully saturated rings. The van der Waals surface area contributed by atoms with Gasteiger partial charge in [0.25, 0.3) is 0 Å². The van der Waals surface area contributed by atoms with Gasteiger partial charge < -0.3 is 9.64 Å². The van der Waals surface area contributed by atoms with E-state index in [1.165, 1.54) is 0 Å². The minimum absolute atomic E-state index is 0.0973. The second kappa shape index (κ2) is 4.33. The number of ketones is 1. The van der Waals surface area contributed by atoms with Crippen molar-refractivity contribution in [3.8, 4) is 0 Å². The molecule has 0 spiro atoms. The number of amides is 1. The Kier molecular flexibility index (Phi) is 2.85. The van der Waals surface area contributed by atoms with Crippen LogP contribution in [0, 0.1) is 5.92 Å². The van der Waals surface area contributed by atoms with E-state index in [0.717, 1.165) is 11.1 Å². The van der Waals surface area contributed by atoms with Crippen LogP contribution < -0.4 is 0 Å². The summed E-state index contributed by atoms with van der Waals surface area (Å²) in [5.74, 6) is 0.197. The number of hydrogen-bond donors (Lipinski definition) is 0. The van der Waals surface area contributed by atoms with Crippen LogP contribution >= 0.6 is 0 Å². The minimum atomic E-state index is -0.503. The fourth-order valence-corrected chi connectivity index (χ4v) is 3.10. The average Bonchev–Trinajstić information content (AvgIpc) is 2.89. The molecular weight excluding hydrogens is 254 g/mol. The molecule has 1 aliphatic carbocycles. The van der Waals surface area contributed by atoms with Gasteiger partial charge in [0.05, 0.1) is 0 Å². The minimum Gasteiger partial charge on any atom is -0.444 e. The SMILES string of the molecule is CC(C)(C)OC(=O)N1C[C@H]2C(=O)c3ccccc3[C@@H]2C1. The number of likely N-dealkylation sites (tertiary alicyclic amines) is 1. The first kappa shape index (κ1) is 13.2. The van der Waals surface area contributed by atoms with Crippen LogP contribution in [-0.4, -0.2) is 35.5 Å². The molecule has 20 heavy (non-hydrogen) atoms. The predicted molar refractivity (Wildman–Crippen MR) is 74.8 cm³/mol. The number of carbonyl (C=O) groups excluding carboxylic acids is 2. The molecule has 0 bridgehead atoms. The summed E-state index contributed by atoms with van der Waals surface area (Å²) >= 11 is 0. The zero-order chi connectivity index (χ0) is 14.5. The van der Waals surface area contributed by atoms with Crippen molar-refractivity contribution < 1.29 is 14.3 Å². The van der Waals surface area contributed by atoms with E-state index in [-0.39, 0.29) is 23.7 Å². The van der Waals surface area contributed by atoms with E-state index in [4.69, 9.17) is 4.74 Å². The molecule has 1 aromatic rings. The molecule has 0 saturated carbocycles. The molecule has 1 aliphatic heterocycles. The molecule has 2 atom stereocenters. The second-order valence-electron chi connectivity index (χ2n) is 6.55. The van der Waals surface area contributed by atoms with Crippen LogP contribution in [0.3, 0.4) is 0 Å². The van der Waals surface area contributed by atoms with Gasteiger partial charge in [-0.3, -0.25) is 4.79 Å². The Morgan fingerprint density at radius 2 is 1.85 bits per heavy atom. The lowest BCUT2D eigenvalue weighted by molar-refractivity contribution is 0.0287. The first-order chi connectivity index (χ1) is 9.37. The summed E-state index contributed by atoms with van der Waals surface area (Å²) < 4.78 is 5.39. The number of benzene rings is 1. The first-order valence-corrected chi connectivity index (χ1v) is 6.98. The van der Waals surface area contributed by atoms with Crippen molar-refractivity contribution in [3.05, 3.63) is 35.4 Å². The molecule has 106 valence electrons. The van der Waals surface area contributed by atoms with Crippen LogP contribution in [0.15, 0.2) is 24.3 Å². The zero-order valence-electron chi connectivity index (χ0n) is 12.1. The highest BCUT2D eigenvalue weighted by molar-refractivity contribution is 6.04. The number of fused-ring (bicyclic) bond motifs is 3. The molecule has 0 aromatic heterocycles. The van der Waals surface area contributed by atoms with E-state index in [2.05, 4.69) is 0 Å². The number of rotatable bonds is 0. The predicted octanol–water partition coefficient (Wildman–Crippen LogP) is 2.83. The van der Waals surface area contributed by atoms with Crippen LogP contribution in [0.1, 0.15) is 42.6 Å². The Bertz CT molecular complexity index is 573. The Balaban J connectivity index is 1.79. The molecule has 1 aromatic carbocycles. The summed E-state index contributed by atoms with van der Waals surface area (Å²) in [5.41, 5.74) is 1.40. The van der Waals surface area contributed by atoms with E-state index in [1.54, 1.807) is 4.90 Å². The number of hydrogen-bond acceptors (Lipinski definition) is 3. The van der Waals surface area contributed by atoms with Gasteiger partial charge >= 0.3 is 6.09 Å². The van der Waals surface area contributed by atoms with Gasteiger partial charge in [-0.1, -0.05) is 24.3 Å². The first-order valence-electron chi connectivity index (χ1n) is 6.98. The van der Waals surface area contributed by atoms with Gasteiger partial charge in [-0.25, -0.2) is 4.79 Å². The van der Waals surface area contributed by atoms with Crippen molar-refractivity contribution in [2.75, 3.05) is 13.1 Å². The maximum Gasteiger partial charge on any atom is 0.410 e. The average molecular weight is 273 g/mol. The molecule has 1 saturated heterocycles. The number of Topliss-reactive ketones (excluding diaryl/α,β-unsaturated/α-hetero) is 1. The largest absolute Gasteiger partial charge is 0.444 e. The lowest BCUT2D eigenvalue weighted by atomic mass is 9.96. The number of nitrogens with zero attached hydrogens (tertiary/aromatic N) is 1. The second-order valence-corrected chi connectivity index (χ2v) is 6.55. The van der Waals surface area contributed by atoms with E-state index in [1.807, 2.05) is 45.0 Å². The fourth-order valence-electron chi connectivity index (χ4n) is 3.10. The Labute approximate surface area is 118 Å². The monoisotopic (exact) mass is 273 g/mol. The molecule has 4 nitrogen and oxygen atoms in total. The number of carbonyl (C=O) groups is 2. The van der Waals surface area contributed by atoms with Crippen molar-refractivity contribution in [1.29, 1.82) is 0 Å². The normalized spacial score (nSPS) is 24.6. The lowest BCUT2D eigenvalue weighted by Gasteiger charge is -2.24. The molecule has 4 heteroatoms. The summed E-state index contributed by atoms with van der Waals surface area (Å²) in [6.45, 7) is 6.59. The van der Waals surface area contributed by atoms with Gasteiger partial charge in [0.1, 0.15) is 5.60 Å². The standard InChI is InChI=1S/C16H19NO3/c1-16(2,3)20-15(19)17-8-12-10-6-4-5-7-11(10)14(18)13(12)9-17/h4-7,12-13H,8-9H2,1-3H3/t12-,13+/m0/s1. The van der Waals surface area contributed by atoms with Gasteiger partial charge in [-0.15, -0.1) is 0 Å². The van der Waals surface area contributed by atoms with Gasteiger partial charge in [0.2, 0.25) is 0 Å². The molecular formula is C16H19NO3. The van der Waals surface area contributed by atoms with E-state index >= 15 is 0 Å². The van der Waals surface area contributed by atoms with Crippen LogP contribution in [0.25, 0.3) is 0 Å².